The maximum Gasteiger partial charge on any atom is 0.147 e. The molecule has 0 radical (unpaired) electrons. The zero-order chi connectivity index (χ0) is 8.97. The Labute approximate surface area is 76.2 Å². The highest BCUT2D eigenvalue weighted by Crippen LogP contribution is 2.22. The molecule has 0 saturated heterocycles. The predicted octanol–water partition coefficient (Wildman–Crippen LogP) is 2.91. The molecular formula is C9H12FNS. The van der Waals surface area contributed by atoms with Crippen LogP contribution < -0.4 is 5.73 Å². The van der Waals surface area contributed by atoms with Gasteiger partial charge in [-0.2, -0.15) is 0 Å². The van der Waals surface area contributed by atoms with Crippen LogP contribution in [0, 0.1) is 5.82 Å². The SMILES string of the molecule is CCCSc1ccc(N)c(F)c1. The minimum Gasteiger partial charge on any atom is -0.396 e. The minimum absolute atomic E-state index is 0.218. The minimum atomic E-state index is -0.323. The number of hydrogen-bond acceptors (Lipinski definition) is 2. The van der Waals surface area contributed by atoms with Crippen molar-refractivity contribution in [3.63, 3.8) is 0 Å². The molecule has 1 nitrogen and oxygen atoms in total. The van der Waals surface area contributed by atoms with Crippen LogP contribution in [0.4, 0.5) is 10.1 Å². The van der Waals surface area contributed by atoms with Gasteiger partial charge < -0.3 is 5.73 Å². The molecule has 0 unspecified atom stereocenters. The number of halogens is 1. The molecule has 0 fully saturated rings. The molecule has 0 amide bonds. The van der Waals surface area contributed by atoms with Crippen LogP contribution in [0.1, 0.15) is 13.3 Å². The van der Waals surface area contributed by atoms with Crippen LogP contribution in [0.15, 0.2) is 23.1 Å². The van der Waals surface area contributed by atoms with Gasteiger partial charge in [-0.25, -0.2) is 4.39 Å². The first-order valence-electron chi connectivity index (χ1n) is 3.92. The van der Waals surface area contributed by atoms with Gasteiger partial charge in [0.2, 0.25) is 0 Å². The summed E-state index contributed by atoms with van der Waals surface area (Å²) in [5, 5.41) is 0. The van der Waals surface area contributed by atoms with Crippen LogP contribution in [0.25, 0.3) is 0 Å². The highest BCUT2D eigenvalue weighted by Gasteiger charge is 1.99. The topological polar surface area (TPSA) is 26.0 Å². The molecule has 0 spiro atoms. The Morgan fingerprint density at radius 3 is 2.83 bits per heavy atom. The van der Waals surface area contributed by atoms with Gasteiger partial charge in [0.15, 0.2) is 0 Å². The lowest BCUT2D eigenvalue weighted by molar-refractivity contribution is 0.629. The van der Waals surface area contributed by atoms with E-state index in [1.807, 2.05) is 6.07 Å². The van der Waals surface area contributed by atoms with Crippen molar-refractivity contribution in [1.29, 1.82) is 0 Å². The second-order valence-corrected chi connectivity index (χ2v) is 3.70. The van der Waals surface area contributed by atoms with Crippen LogP contribution in [0.3, 0.4) is 0 Å². The first-order valence-corrected chi connectivity index (χ1v) is 4.90. The standard InChI is InChI=1S/C9H12FNS/c1-2-5-12-7-3-4-9(11)8(10)6-7/h3-4,6H,2,5,11H2,1H3. The maximum absolute atomic E-state index is 12.9. The van der Waals surface area contributed by atoms with Gasteiger partial charge in [-0.15, -0.1) is 11.8 Å². The van der Waals surface area contributed by atoms with Crippen molar-refractivity contribution in [3.8, 4) is 0 Å². The second-order valence-electron chi connectivity index (χ2n) is 2.53. The third-order valence-corrected chi connectivity index (χ3v) is 2.64. The van der Waals surface area contributed by atoms with Crippen LogP contribution in [0.2, 0.25) is 0 Å². The molecule has 0 bridgehead atoms. The maximum atomic E-state index is 12.9. The average Bonchev–Trinajstić information content (AvgIpc) is 2.07. The molecule has 12 heavy (non-hydrogen) atoms. The molecule has 0 aromatic heterocycles. The van der Waals surface area contributed by atoms with Crippen molar-refractivity contribution in [1.82, 2.24) is 0 Å². The summed E-state index contributed by atoms with van der Waals surface area (Å²) < 4.78 is 12.9. The average molecular weight is 185 g/mol. The third-order valence-electron chi connectivity index (χ3n) is 1.44. The van der Waals surface area contributed by atoms with Gasteiger partial charge in [-0.3, -0.25) is 0 Å². The van der Waals surface area contributed by atoms with Crippen molar-refractivity contribution < 1.29 is 4.39 Å². The third kappa shape index (κ3) is 2.41. The van der Waals surface area contributed by atoms with E-state index in [1.165, 1.54) is 6.07 Å². The number of rotatable bonds is 3. The summed E-state index contributed by atoms with van der Waals surface area (Å²) in [5.41, 5.74) is 5.55. The first-order chi connectivity index (χ1) is 5.74. The van der Waals surface area contributed by atoms with E-state index < -0.39 is 0 Å². The normalized spacial score (nSPS) is 10.2. The number of benzene rings is 1. The van der Waals surface area contributed by atoms with Crippen LogP contribution in [0.5, 0.6) is 0 Å². The van der Waals surface area contributed by atoms with Crippen molar-refractivity contribution in [2.24, 2.45) is 0 Å². The first kappa shape index (κ1) is 9.39. The van der Waals surface area contributed by atoms with Crippen molar-refractivity contribution >= 4 is 17.4 Å². The van der Waals surface area contributed by atoms with Gasteiger partial charge in [-0.05, 0) is 30.4 Å². The fraction of sp³-hybridized carbons (Fsp3) is 0.333. The monoisotopic (exact) mass is 185 g/mol. The number of anilines is 1. The fourth-order valence-corrected chi connectivity index (χ4v) is 1.61. The molecule has 2 N–H and O–H groups in total. The molecule has 0 atom stereocenters. The summed E-state index contributed by atoms with van der Waals surface area (Å²) in [6, 6.07) is 4.93. The zero-order valence-electron chi connectivity index (χ0n) is 7.01. The molecular weight excluding hydrogens is 173 g/mol. The van der Waals surface area contributed by atoms with Crippen LogP contribution in [-0.2, 0) is 0 Å². The number of hydrogen-bond donors (Lipinski definition) is 1. The Balaban J connectivity index is 2.69. The van der Waals surface area contributed by atoms with Gasteiger partial charge in [0.1, 0.15) is 5.82 Å². The number of nitrogen functional groups attached to an aromatic ring is 1. The van der Waals surface area contributed by atoms with Crippen LogP contribution >= 0.6 is 11.8 Å². The van der Waals surface area contributed by atoms with Gasteiger partial charge in [0, 0.05) is 4.90 Å². The van der Waals surface area contributed by atoms with Crippen molar-refractivity contribution in [3.05, 3.63) is 24.0 Å². The lowest BCUT2D eigenvalue weighted by Gasteiger charge is -2.01. The van der Waals surface area contributed by atoms with E-state index in [-0.39, 0.29) is 11.5 Å². The summed E-state index contributed by atoms with van der Waals surface area (Å²) in [5.74, 6) is 0.694. The number of thioether (sulfide) groups is 1. The summed E-state index contributed by atoms with van der Waals surface area (Å²) in [4.78, 5) is 0.948. The van der Waals surface area contributed by atoms with Crippen LogP contribution in [-0.4, -0.2) is 5.75 Å². The summed E-state index contributed by atoms with van der Waals surface area (Å²) >= 11 is 1.65. The van der Waals surface area contributed by atoms with E-state index in [9.17, 15) is 4.39 Å². The van der Waals surface area contributed by atoms with E-state index >= 15 is 0 Å². The molecule has 1 rings (SSSR count). The van der Waals surface area contributed by atoms with E-state index in [2.05, 4.69) is 6.92 Å². The van der Waals surface area contributed by atoms with E-state index in [1.54, 1.807) is 17.8 Å². The molecule has 0 heterocycles. The van der Waals surface area contributed by atoms with E-state index in [4.69, 9.17) is 5.73 Å². The Kier molecular flexibility index (Phi) is 3.41. The Morgan fingerprint density at radius 2 is 2.25 bits per heavy atom. The van der Waals surface area contributed by atoms with Gasteiger partial charge in [0.05, 0.1) is 5.69 Å². The van der Waals surface area contributed by atoms with Gasteiger partial charge in [-0.1, -0.05) is 6.92 Å². The zero-order valence-corrected chi connectivity index (χ0v) is 7.83. The molecule has 0 aliphatic carbocycles. The van der Waals surface area contributed by atoms with E-state index in [0.29, 0.717) is 0 Å². The Hall–Kier alpha value is -0.700. The van der Waals surface area contributed by atoms with Crippen molar-refractivity contribution in [2.75, 3.05) is 11.5 Å². The molecule has 1 aromatic carbocycles. The number of nitrogens with two attached hydrogens (primary N) is 1. The second kappa shape index (κ2) is 4.36. The summed E-state index contributed by atoms with van der Waals surface area (Å²) in [6.07, 6.45) is 1.09. The van der Waals surface area contributed by atoms with Crippen molar-refractivity contribution in [2.45, 2.75) is 18.2 Å². The lowest BCUT2D eigenvalue weighted by atomic mass is 10.3. The highest BCUT2D eigenvalue weighted by atomic mass is 32.2. The quantitative estimate of drug-likeness (QED) is 0.578. The lowest BCUT2D eigenvalue weighted by Crippen LogP contribution is -1.89. The molecule has 1 aromatic rings. The Morgan fingerprint density at radius 1 is 1.50 bits per heavy atom. The Bertz CT molecular complexity index is 263. The molecule has 3 heteroatoms. The molecule has 0 aliphatic rings. The summed E-state index contributed by atoms with van der Waals surface area (Å²) in [7, 11) is 0. The largest absolute Gasteiger partial charge is 0.396 e. The predicted molar refractivity (Wildman–Crippen MR) is 51.8 cm³/mol. The molecule has 66 valence electrons. The molecule has 0 saturated carbocycles. The van der Waals surface area contributed by atoms with Gasteiger partial charge >= 0.3 is 0 Å². The fourth-order valence-electron chi connectivity index (χ4n) is 0.818. The smallest absolute Gasteiger partial charge is 0.147 e. The van der Waals surface area contributed by atoms with E-state index in [0.717, 1.165) is 17.1 Å². The highest BCUT2D eigenvalue weighted by molar-refractivity contribution is 7.99. The summed E-state index contributed by atoms with van der Waals surface area (Å²) in [6.45, 7) is 2.10. The van der Waals surface area contributed by atoms with Gasteiger partial charge in [0.25, 0.3) is 0 Å². The molecule has 0 aliphatic heterocycles.